The SMILES string of the molecule is CCCOc1ccc(N2C(=O)NC(=O)/C(=C/c3cc(Br)c(OCc4ccc(OCc5ccccc5)c(OC)c4)c(OCC)c3)C2=O)cc1OC. The quantitative estimate of drug-likeness (QED) is 0.0976. The van der Waals surface area contributed by atoms with Gasteiger partial charge in [-0.2, -0.15) is 0 Å². The normalized spacial score (nSPS) is 13.6. The summed E-state index contributed by atoms with van der Waals surface area (Å²) >= 11 is 3.56. The zero-order valence-corrected chi connectivity index (χ0v) is 29.7. The third-order valence-electron chi connectivity index (χ3n) is 7.46. The van der Waals surface area contributed by atoms with Crippen LogP contribution >= 0.6 is 15.9 Å². The number of nitrogens with zero attached hydrogens (tertiary/aromatic N) is 1. The number of carbonyl (C=O) groups excluding carboxylic acids is 3. The number of benzene rings is 4. The largest absolute Gasteiger partial charge is 0.493 e. The lowest BCUT2D eigenvalue weighted by Gasteiger charge is -2.27. The standard InChI is InChI=1S/C38H37BrN2O9/c1-5-16-48-30-15-13-27(21-33(30)46-4)41-37(43)28(36(42)40-38(41)44)17-26-18-29(39)35(34(20-26)47-6-2)50-23-25-12-14-31(32(19-25)45-3)49-22-24-10-8-7-9-11-24/h7-15,17-21H,5-6,16,22-23H2,1-4H3,(H,40,42,44)/b28-17-. The monoisotopic (exact) mass is 744 g/mol. The molecule has 260 valence electrons. The molecule has 0 unspecified atom stereocenters. The fourth-order valence-electron chi connectivity index (χ4n) is 5.07. The molecule has 5 rings (SSSR count). The molecule has 50 heavy (non-hydrogen) atoms. The number of anilines is 1. The molecule has 4 aromatic carbocycles. The van der Waals surface area contributed by atoms with E-state index in [0.717, 1.165) is 22.4 Å². The molecule has 0 atom stereocenters. The number of amides is 4. The van der Waals surface area contributed by atoms with Crippen molar-refractivity contribution in [3.05, 3.63) is 106 Å². The Morgan fingerprint density at radius 3 is 2.14 bits per heavy atom. The lowest BCUT2D eigenvalue weighted by Crippen LogP contribution is -2.54. The third-order valence-corrected chi connectivity index (χ3v) is 8.05. The molecule has 1 fully saturated rings. The maximum absolute atomic E-state index is 13.6. The summed E-state index contributed by atoms with van der Waals surface area (Å²) in [6.45, 7) is 5.18. The van der Waals surface area contributed by atoms with Crippen LogP contribution in [0.1, 0.15) is 37.0 Å². The number of methoxy groups -OCH3 is 2. The van der Waals surface area contributed by atoms with Gasteiger partial charge in [-0.05, 0) is 88.4 Å². The molecular formula is C38H37BrN2O9. The molecular weight excluding hydrogens is 708 g/mol. The summed E-state index contributed by atoms with van der Waals surface area (Å²) in [6, 6.07) is 22.5. The highest BCUT2D eigenvalue weighted by Gasteiger charge is 2.37. The first-order valence-electron chi connectivity index (χ1n) is 15.9. The Balaban J connectivity index is 1.36. The average Bonchev–Trinajstić information content (AvgIpc) is 3.12. The topological polar surface area (TPSA) is 122 Å². The number of urea groups is 1. The predicted octanol–water partition coefficient (Wildman–Crippen LogP) is 7.48. The minimum Gasteiger partial charge on any atom is -0.493 e. The van der Waals surface area contributed by atoms with Crippen molar-refractivity contribution in [1.82, 2.24) is 5.32 Å². The summed E-state index contributed by atoms with van der Waals surface area (Å²) < 4.78 is 35.3. The van der Waals surface area contributed by atoms with E-state index in [1.807, 2.05) is 62.4 Å². The van der Waals surface area contributed by atoms with Crippen LogP contribution < -0.4 is 38.6 Å². The van der Waals surface area contributed by atoms with E-state index in [0.29, 0.717) is 64.4 Å². The van der Waals surface area contributed by atoms with Crippen LogP contribution in [0.25, 0.3) is 6.08 Å². The molecule has 0 radical (unpaired) electrons. The number of barbiturate groups is 1. The fourth-order valence-corrected chi connectivity index (χ4v) is 5.65. The van der Waals surface area contributed by atoms with Gasteiger partial charge in [-0.1, -0.05) is 43.3 Å². The lowest BCUT2D eigenvalue weighted by atomic mass is 10.1. The molecule has 4 aromatic rings. The Morgan fingerprint density at radius 1 is 0.720 bits per heavy atom. The third kappa shape index (κ3) is 8.38. The highest BCUT2D eigenvalue weighted by atomic mass is 79.9. The summed E-state index contributed by atoms with van der Waals surface area (Å²) in [5.41, 5.74) is 2.28. The zero-order valence-electron chi connectivity index (χ0n) is 28.1. The fraction of sp³-hybridized carbons (Fsp3) is 0.237. The Bertz CT molecular complexity index is 1900. The van der Waals surface area contributed by atoms with Crippen LogP contribution in [-0.4, -0.2) is 45.3 Å². The number of carbonyl (C=O) groups is 3. The van der Waals surface area contributed by atoms with Crippen molar-refractivity contribution in [3.8, 4) is 34.5 Å². The summed E-state index contributed by atoms with van der Waals surface area (Å²) in [4.78, 5) is 40.3. The van der Waals surface area contributed by atoms with Crippen LogP contribution in [0.4, 0.5) is 10.5 Å². The summed E-state index contributed by atoms with van der Waals surface area (Å²) in [5, 5.41) is 2.25. The first-order valence-corrected chi connectivity index (χ1v) is 16.7. The predicted molar refractivity (Wildman–Crippen MR) is 191 cm³/mol. The second-order valence-corrected chi connectivity index (χ2v) is 11.8. The summed E-state index contributed by atoms with van der Waals surface area (Å²) in [6.07, 6.45) is 2.18. The lowest BCUT2D eigenvalue weighted by molar-refractivity contribution is -0.122. The van der Waals surface area contributed by atoms with Gasteiger partial charge in [0.15, 0.2) is 34.5 Å². The van der Waals surface area contributed by atoms with E-state index in [4.69, 9.17) is 28.4 Å². The van der Waals surface area contributed by atoms with E-state index < -0.39 is 17.8 Å². The van der Waals surface area contributed by atoms with Crippen LogP contribution in [0.3, 0.4) is 0 Å². The number of hydrogen-bond acceptors (Lipinski definition) is 9. The summed E-state index contributed by atoms with van der Waals surface area (Å²) in [5.74, 6) is 1.15. The van der Waals surface area contributed by atoms with Crippen LogP contribution in [0.5, 0.6) is 34.5 Å². The van der Waals surface area contributed by atoms with Crippen LogP contribution in [-0.2, 0) is 22.8 Å². The number of rotatable bonds is 15. The first kappa shape index (κ1) is 35.8. The van der Waals surface area contributed by atoms with Gasteiger partial charge >= 0.3 is 6.03 Å². The van der Waals surface area contributed by atoms with Gasteiger partial charge in [0.2, 0.25) is 0 Å². The minimum atomic E-state index is -0.881. The van der Waals surface area contributed by atoms with Crippen molar-refractivity contribution in [2.24, 2.45) is 0 Å². The van der Waals surface area contributed by atoms with E-state index in [9.17, 15) is 14.4 Å². The molecule has 0 aromatic heterocycles. The molecule has 1 saturated heterocycles. The van der Waals surface area contributed by atoms with Crippen molar-refractivity contribution >= 4 is 45.5 Å². The highest BCUT2D eigenvalue weighted by Crippen LogP contribution is 2.39. The molecule has 1 N–H and O–H groups in total. The van der Waals surface area contributed by atoms with Crippen molar-refractivity contribution in [2.75, 3.05) is 32.3 Å². The number of imide groups is 2. The zero-order chi connectivity index (χ0) is 35.6. The molecule has 0 spiro atoms. The Hall–Kier alpha value is -5.49. The van der Waals surface area contributed by atoms with Gasteiger partial charge in [0.25, 0.3) is 11.8 Å². The number of ether oxygens (including phenoxy) is 6. The number of hydrogen-bond donors (Lipinski definition) is 1. The summed E-state index contributed by atoms with van der Waals surface area (Å²) in [7, 11) is 3.04. The van der Waals surface area contributed by atoms with E-state index in [1.165, 1.54) is 19.3 Å². The van der Waals surface area contributed by atoms with Crippen LogP contribution in [0.2, 0.25) is 0 Å². The van der Waals surface area contributed by atoms with Gasteiger partial charge in [0.05, 0.1) is 37.6 Å². The van der Waals surface area contributed by atoms with Gasteiger partial charge in [-0.3, -0.25) is 14.9 Å². The van der Waals surface area contributed by atoms with Gasteiger partial charge in [0, 0.05) is 6.07 Å². The van der Waals surface area contributed by atoms with Crippen LogP contribution in [0.15, 0.2) is 88.9 Å². The van der Waals surface area contributed by atoms with Crippen molar-refractivity contribution < 1.29 is 42.8 Å². The number of nitrogens with one attached hydrogen (secondary N) is 1. The minimum absolute atomic E-state index is 0.179. The van der Waals surface area contributed by atoms with E-state index in [1.54, 1.807) is 31.4 Å². The second-order valence-electron chi connectivity index (χ2n) is 11.0. The van der Waals surface area contributed by atoms with Gasteiger partial charge < -0.3 is 28.4 Å². The molecule has 1 heterocycles. The maximum Gasteiger partial charge on any atom is 0.335 e. The van der Waals surface area contributed by atoms with Gasteiger partial charge in [-0.25, -0.2) is 9.69 Å². The maximum atomic E-state index is 13.6. The van der Waals surface area contributed by atoms with Gasteiger partial charge in [0.1, 0.15) is 18.8 Å². The van der Waals surface area contributed by atoms with Crippen molar-refractivity contribution in [1.29, 1.82) is 0 Å². The smallest absolute Gasteiger partial charge is 0.335 e. The number of halogens is 1. The molecule has 1 aliphatic rings. The Labute approximate surface area is 298 Å². The van der Waals surface area contributed by atoms with Gasteiger partial charge in [-0.15, -0.1) is 0 Å². The first-order chi connectivity index (χ1) is 24.3. The Kier molecular flexibility index (Phi) is 12.0. The van der Waals surface area contributed by atoms with Crippen LogP contribution in [0, 0.1) is 0 Å². The molecule has 0 saturated carbocycles. The second kappa shape index (κ2) is 16.8. The molecule has 0 aliphatic carbocycles. The molecule has 1 aliphatic heterocycles. The van der Waals surface area contributed by atoms with E-state index in [2.05, 4.69) is 21.2 Å². The molecule has 11 nitrogen and oxygen atoms in total. The van der Waals surface area contributed by atoms with Crippen molar-refractivity contribution in [3.63, 3.8) is 0 Å². The average molecular weight is 746 g/mol. The molecule has 4 amide bonds. The van der Waals surface area contributed by atoms with Crippen molar-refractivity contribution in [2.45, 2.75) is 33.5 Å². The Morgan fingerprint density at radius 2 is 1.42 bits per heavy atom. The van der Waals surface area contributed by atoms with E-state index >= 15 is 0 Å². The molecule has 0 bridgehead atoms. The molecule has 12 heteroatoms. The highest BCUT2D eigenvalue weighted by molar-refractivity contribution is 9.10. The van der Waals surface area contributed by atoms with E-state index in [-0.39, 0.29) is 17.9 Å².